The van der Waals surface area contributed by atoms with E-state index in [0.29, 0.717) is 12.1 Å². The van der Waals surface area contributed by atoms with Crippen LogP contribution in [0.3, 0.4) is 0 Å². The van der Waals surface area contributed by atoms with Gasteiger partial charge in [-0.1, -0.05) is 25.7 Å². The summed E-state index contributed by atoms with van der Waals surface area (Å²) in [6.07, 6.45) is 9.66. The van der Waals surface area contributed by atoms with Crippen LogP contribution >= 0.6 is 0 Å². The summed E-state index contributed by atoms with van der Waals surface area (Å²) in [6, 6.07) is 1.29. The Morgan fingerprint density at radius 1 is 0.950 bits per heavy atom. The SMILES string of the molecule is CC(C)(C)OC(=O)N[C@H]1CCCC[C@H]1NC1CCCC1. The number of carbonyl (C=O) groups excluding carboxylic acids is 1. The maximum absolute atomic E-state index is 11.9. The molecule has 4 nitrogen and oxygen atoms in total. The zero-order valence-electron chi connectivity index (χ0n) is 13.2. The monoisotopic (exact) mass is 282 g/mol. The maximum Gasteiger partial charge on any atom is 0.407 e. The second-order valence-electron chi connectivity index (χ2n) is 7.29. The highest BCUT2D eigenvalue weighted by molar-refractivity contribution is 5.68. The summed E-state index contributed by atoms with van der Waals surface area (Å²) in [4.78, 5) is 11.9. The fourth-order valence-corrected chi connectivity index (χ4v) is 3.36. The number of carbonyl (C=O) groups is 1. The summed E-state index contributed by atoms with van der Waals surface area (Å²) in [6.45, 7) is 5.71. The molecule has 0 aromatic carbocycles. The lowest BCUT2D eigenvalue weighted by atomic mass is 9.89. The molecular formula is C16H30N2O2. The van der Waals surface area contributed by atoms with Crippen molar-refractivity contribution in [2.24, 2.45) is 0 Å². The lowest BCUT2D eigenvalue weighted by Gasteiger charge is -2.35. The van der Waals surface area contributed by atoms with Gasteiger partial charge < -0.3 is 15.4 Å². The van der Waals surface area contributed by atoms with Crippen LogP contribution in [0, 0.1) is 0 Å². The first-order valence-electron chi connectivity index (χ1n) is 8.19. The topological polar surface area (TPSA) is 50.4 Å². The minimum absolute atomic E-state index is 0.221. The third-order valence-electron chi connectivity index (χ3n) is 4.27. The quantitative estimate of drug-likeness (QED) is 0.834. The number of hydrogen-bond donors (Lipinski definition) is 2. The van der Waals surface area contributed by atoms with Crippen molar-refractivity contribution in [2.75, 3.05) is 0 Å². The van der Waals surface area contributed by atoms with Gasteiger partial charge in [-0.3, -0.25) is 0 Å². The average molecular weight is 282 g/mol. The molecule has 116 valence electrons. The van der Waals surface area contributed by atoms with E-state index in [4.69, 9.17) is 4.74 Å². The fourth-order valence-electron chi connectivity index (χ4n) is 3.36. The smallest absolute Gasteiger partial charge is 0.407 e. The minimum atomic E-state index is -0.423. The molecule has 0 aliphatic heterocycles. The van der Waals surface area contributed by atoms with Crippen LogP contribution in [0.25, 0.3) is 0 Å². The van der Waals surface area contributed by atoms with Gasteiger partial charge in [0.1, 0.15) is 5.60 Å². The second kappa shape index (κ2) is 6.79. The molecule has 1 amide bonds. The second-order valence-corrected chi connectivity index (χ2v) is 7.29. The fraction of sp³-hybridized carbons (Fsp3) is 0.938. The third kappa shape index (κ3) is 4.97. The van der Waals surface area contributed by atoms with Crippen molar-refractivity contribution in [3.63, 3.8) is 0 Å². The zero-order valence-corrected chi connectivity index (χ0v) is 13.2. The lowest BCUT2D eigenvalue weighted by Crippen LogP contribution is -2.54. The van der Waals surface area contributed by atoms with E-state index in [1.54, 1.807) is 0 Å². The molecule has 2 fully saturated rings. The van der Waals surface area contributed by atoms with Crippen molar-refractivity contribution in [2.45, 2.75) is 95.9 Å². The van der Waals surface area contributed by atoms with Crippen LogP contribution in [-0.2, 0) is 4.74 Å². The van der Waals surface area contributed by atoms with Crippen molar-refractivity contribution in [3.8, 4) is 0 Å². The number of alkyl carbamates (subject to hydrolysis) is 1. The van der Waals surface area contributed by atoms with E-state index in [2.05, 4.69) is 10.6 Å². The van der Waals surface area contributed by atoms with Gasteiger partial charge in [0.2, 0.25) is 0 Å². The Bertz CT molecular complexity index is 319. The van der Waals surface area contributed by atoms with Gasteiger partial charge in [0, 0.05) is 18.1 Å². The summed E-state index contributed by atoms with van der Waals surface area (Å²) >= 11 is 0. The van der Waals surface area contributed by atoms with Gasteiger partial charge >= 0.3 is 6.09 Å². The standard InChI is InChI=1S/C16H30N2O2/c1-16(2,3)20-15(19)18-14-11-7-6-10-13(14)17-12-8-4-5-9-12/h12-14,17H,4-11H2,1-3H3,(H,18,19)/t13-,14+/m1/s1. The van der Waals surface area contributed by atoms with Crippen LogP contribution < -0.4 is 10.6 Å². The van der Waals surface area contributed by atoms with E-state index in [1.165, 1.54) is 38.5 Å². The van der Waals surface area contributed by atoms with Gasteiger partial charge in [0.05, 0.1) is 0 Å². The summed E-state index contributed by atoms with van der Waals surface area (Å²) < 4.78 is 5.38. The first kappa shape index (κ1) is 15.6. The van der Waals surface area contributed by atoms with Crippen LogP contribution in [0.1, 0.15) is 72.1 Å². The molecule has 2 rings (SSSR count). The summed E-state index contributed by atoms with van der Waals surface area (Å²) in [5.74, 6) is 0. The minimum Gasteiger partial charge on any atom is -0.444 e. The average Bonchev–Trinajstić information content (AvgIpc) is 2.82. The number of ether oxygens (including phenoxy) is 1. The van der Waals surface area contributed by atoms with E-state index in [-0.39, 0.29) is 12.1 Å². The summed E-state index contributed by atoms with van der Waals surface area (Å²) in [7, 11) is 0. The normalized spacial score (nSPS) is 28.4. The molecule has 0 saturated heterocycles. The predicted molar refractivity (Wildman–Crippen MR) is 80.8 cm³/mol. The molecule has 2 atom stereocenters. The highest BCUT2D eigenvalue weighted by Crippen LogP contribution is 2.24. The molecule has 2 aliphatic rings. The highest BCUT2D eigenvalue weighted by Gasteiger charge is 2.30. The molecule has 0 aromatic heterocycles. The third-order valence-corrected chi connectivity index (χ3v) is 4.27. The molecule has 0 bridgehead atoms. The van der Waals surface area contributed by atoms with E-state index in [1.807, 2.05) is 20.8 Å². The van der Waals surface area contributed by atoms with Crippen LogP contribution in [0.2, 0.25) is 0 Å². The Morgan fingerprint density at radius 2 is 1.50 bits per heavy atom. The van der Waals surface area contributed by atoms with Crippen molar-refractivity contribution >= 4 is 6.09 Å². The van der Waals surface area contributed by atoms with E-state index >= 15 is 0 Å². The number of hydrogen-bond acceptors (Lipinski definition) is 3. The molecule has 2 aliphatic carbocycles. The molecular weight excluding hydrogens is 252 g/mol. The molecule has 20 heavy (non-hydrogen) atoms. The van der Waals surface area contributed by atoms with E-state index in [9.17, 15) is 4.79 Å². The van der Waals surface area contributed by atoms with Crippen LogP contribution in [0.4, 0.5) is 4.79 Å². The van der Waals surface area contributed by atoms with Gasteiger partial charge in [0.25, 0.3) is 0 Å². The van der Waals surface area contributed by atoms with Crippen molar-refractivity contribution in [1.82, 2.24) is 10.6 Å². The molecule has 0 unspecified atom stereocenters. The van der Waals surface area contributed by atoms with E-state index in [0.717, 1.165) is 12.8 Å². The van der Waals surface area contributed by atoms with Crippen molar-refractivity contribution in [3.05, 3.63) is 0 Å². The van der Waals surface area contributed by atoms with E-state index < -0.39 is 5.60 Å². The molecule has 0 aromatic rings. The molecule has 0 heterocycles. The maximum atomic E-state index is 11.9. The van der Waals surface area contributed by atoms with Gasteiger partial charge in [-0.25, -0.2) is 4.79 Å². The summed E-state index contributed by atoms with van der Waals surface area (Å²) in [5, 5.41) is 6.84. The van der Waals surface area contributed by atoms with Gasteiger partial charge in [-0.15, -0.1) is 0 Å². The molecule has 2 N–H and O–H groups in total. The Kier molecular flexibility index (Phi) is 5.30. The van der Waals surface area contributed by atoms with Crippen LogP contribution in [0.15, 0.2) is 0 Å². The van der Waals surface area contributed by atoms with Crippen LogP contribution in [-0.4, -0.2) is 29.8 Å². The van der Waals surface area contributed by atoms with Crippen molar-refractivity contribution < 1.29 is 9.53 Å². The molecule has 4 heteroatoms. The molecule has 0 spiro atoms. The van der Waals surface area contributed by atoms with Gasteiger partial charge in [-0.2, -0.15) is 0 Å². The first-order valence-corrected chi connectivity index (χ1v) is 8.19. The Hall–Kier alpha value is -0.770. The molecule has 2 saturated carbocycles. The summed E-state index contributed by atoms with van der Waals surface area (Å²) in [5.41, 5.74) is -0.423. The predicted octanol–water partition coefficient (Wildman–Crippen LogP) is 3.35. The first-order chi connectivity index (χ1) is 9.44. The Morgan fingerprint density at radius 3 is 2.10 bits per heavy atom. The highest BCUT2D eigenvalue weighted by atomic mass is 16.6. The Labute approximate surface area is 123 Å². The number of amides is 1. The molecule has 0 radical (unpaired) electrons. The largest absolute Gasteiger partial charge is 0.444 e. The van der Waals surface area contributed by atoms with Gasteiger partial charge in [-0.05, 0) is 46.5 Å². The van der Waals surface area contributed by atoms with Crippen molar-refractivity contribution in [1.29, 1.82) is 0 Å². The Balaban J connectivity index is 1.84. The number of rotatable bonds is 3. The lowest BCUT2D eigenvalue weighted by molar-refractivity contribution is 0.0477. The number of nitrogens with one attached hydrogen (secondary N) is 2. The van der Waals surface area contributed by atoms with Crippen LogP contribution in [0.5, 0.6) is 0 Å². The zero-order chi connectivity index (χ0) is 14.6. The van der Waals surface area contributed by atoms with Gasteiger partial charge in [0.15, 0.2) is 0 Å².